The molecular formula is C24H29Cl3N2O2S. The van der Waals surface area contributed by atoms with Crippen molar-refractivity contribution in [3.63, 3.8) is 0 Å². The van der Waals surface area contributed by atoms with Gasteiger partial charge in [-0.3, -0.25) is 9.59 Å². The Bertz CT molecular complexity index is 906. The van der Waals surface area contributed by atoms with Crippen LogP contribution in [-0.2, 0) is 21.9 Å². The van der Waals surface area contributed by atoms with Gasteiger partial charge in [-0.05, 0) is 43.5 Å². The quantitative estimate of drug-likeness (QED) is 0.367. The highest BCUT2D eigenvalue weighted by molar-refractivity contribution is 7.99. The summed E-state index contributed by atoms with van der Waals surface area (Å²) in [6, 6.07) is 12.2. The van der Waals surface area contributed by atoms with Gasteiger partial charge in [-0.25, -0.2) is 0 Å². The number of carbonyl (C=O) groups excluding carboxylic acids is 2. The molecule has 2 atom stereocenters. The van der Waals surface area contributed by atoms with E-state index in [9.17, 15) is 9.59 Å². The monoisotopic (exact) mass is 514 g/mol. The van der Waals surface area contributed by atoms with Crippen LogP contribution < -0.4 is 5.32 Å². The summed E-state index contributed by atoms with van der Waals surface area (Å²) in [6.45, 7) is 6.01. The highest BCUT2D eigenvalue weighted by atomic mass is 35.5. The van der Waals surface area contributed by atoms with Gasteiger partial charge in [0, 0.05) is 39.0 Å². The van der Waals surface area contributed by atoms with E-state index < -0.39 is 6.04 Å². The van der Waals surface area contributed by atoms with E-state index in [0.717, 1.165) is 12.0 Å². The van der Waals surface area contributed by atoms with E-state index in [1.165, 1.54) is 11.8 Å². The number of nitrogens with zero attached hydrogens (tertiary/aromatic N) is 1. The van der Waals surface area contributed by atoms with E-state index >= 15 is 0 Å². The first-order valence-corrected chi connectivity index (χ1v) is 12.9. The number of halogens is 3. The molecule has 1 N–H and O–H groups in total. The fraction of sp³-hybridized carbons (Fsp3) is 0.417. The molecule has 0 unspecified atom stereocenters. The van der Waals surface area contributed by atoms with Gasteiger partial charge < -0.3 is 10.2 Å². The number of amides is 2. The van der Waals surface area contributed by atoms with E-state index in [4.69, 9.17) is 34.8 Å². The predicted octanol–water partition coefficient (Wildman–Crippen LogP) is 6.60. The minimum Gasteiger partial charge on any atom is -0.352 e. The fourth-order valence-corrected chi connectivity index (χ4v) is 4.87. The van der Waals surface area contributed by atoms with Gasteiger partial charge in [0.15, 0.2) is 0 Å². The maximum atomic E-state index is 13.3. The molecular weight excluding hydrogens is 487 g/mol. The average molecular weight is 516 g/mol. The molecule has 174 valence electrons. The molecule has 0 fully saturated rings. The Balaban J connectivity index is 2.22. The van der Waals surface area contributed by atoms with Crippen molar-refractivity contribution in [2.75, 3.05) is 5.75 Å². The van der Waals surface area contributed by atoms with Crippen molar-refractivity contribution in [1.29, 1.82) is 0 Å². The summed E-state index contributed by atoms with van der Waals surface area (Å²) in [5, 5.41) is 4.61. The Morgan fingerprint density at radius 1 is 0.969 bits per heavy atom. The molecule has 4 nitrogen and oxygen atoms in total. The van der Waals surface area contributed by atoms with Crippen LogP contribution in [0, 0.1) is 0 Å². The summed E-state index contributed by atoms with van der Waals surface area (Å²) >= 11 is 20.4. The predicted molar refractivity (Wildman–Crippen MR) is 137 cm³/mol. The summed E-state index contributed by atoms with van der Waals surface area (Å²) in [5.74, 6) is 0.487. The molecule has 8 heteroatoms. The molecule has 32 heavy (non-hydrogen) atoms. The zero-order valence-corrected chi connectivity index (χ0v) is 21.6. The Labute approximate surface area is 210 Å². The third-order valence-corrected chi connectivity index (χ3v) is 7.26. The average Bonchev–Trinajstić information content (AvgIpc) is 2.76. The molecule has 0 saturated carbocycles. The fourth-order valence-electron chi connectivity index (χ4n) is 3.16. The molecule has 2 amide bonds. The van der Waals surface area contributed by atoms with E-state index in [2.05, 4.69) is 5.32 Å². The van der Waals surface area contributed by atoms with Gasteiger partial charge in [-0.2, -0.15) is 0 Å². The molecule has 0 aliphatic carbocycles. The molecule has 0 aromatic heterocycles. The number of nitrogens with one attached hydrogen (secondary N) is 1. The lowest BCUT2D eigenvalue weighted by Gasteiger charge is -2.32. The van der Waals surface area contributed by atoms with E-state index in [1.807, 2.05) is 45.0 Å². The van der Waals surface area contributed by atoms with Crippen molar-refractivity contribution in [1.82, 2.24) is 10.2 Å². The molecule has 0 radical (unpaired) electrons. The number of hydrogen-bond acceptors (Lipinski definition) is 3. The minimum absolute atomic E-state index is 0.0204. The van der Waals surface area contributed by atoms with Crippen LogP contribution in [0.1, 0.15) is 44.7 Å². The zero-order valence-electron chi connectivity index (χ0n) is 18.5. The molecule has 0 bridgehead atoms. The van der Waals surface area contributed by atoms with Crippen LogP contribution >= 0.6 is 46.6 Å². The molecule has 2 rings (SSSR count). The van der Waals surface area contributed by atoms with Gasteiger partial charge in [0.25, 0.3) is 0 Å². The Kier molecular flexibility index (Phi) is 11.2. The first-order valence-electron chi connectivity index (χ1n) is 10.6. The lowest BCUT2D eigenvalue weighted by atomic mass is 10.1. The van der Waals surface area contributed by atoms with Crippen molar-refractivity contribution in [2.24, 2.45) is 0 Å². The maximum Gasteiger partial charge on any atom is 0.243 e. The summed E-state index contributed by atoms with van der Waals surface area (Å²) in [7, 11) is 0. The Hall–Kier alpha value is -1.40. The standard InChI is InChI=1S/C24H29Cl3N2O2S/c1-4-16(3)28-24(31)22(5-2)29(13-18-20(26)11-8-12-21(18)27)23(30)15-32-14-17-9-6-7-10-19(17)25/h6-12,16,22H,4-5,13-15H2,1-3H3,(H,28,31)/t16-,22-/m1/s1. The summed E-state index contributed by atoms with van der Waals surface area (Å²) in [4.78, 5) is 27.9. The number of thioether (sulfide) groups is 1. The highest BCUT2D eigenvalue weighted by Gasteiger charge is 2.30. The first-order chi connectivity index (χ1) is 15.3. The van der Waals surface area contributed by atoms with Crippen LogP contribution in [0.15, 0.2) is 42.5 Å². The topological polar surface area (TPSA) is 49.4 Å². The number of carbonyl (C=O) groups is 2. The molecule has 0 spiro atoms. The largest absolute Gasteiger partial charge is 0.352 e. The van der Waals surface area contributed by atoms with E-state index in [1.54, 1.807) is 23.1 Å². The normalized spacial score (nSPS) is 12.8. The zero-order chi connectivity index (χ0) is 23.7. The second-order valence-electron chi connectivity index (χ2n) is 7.55. The maximum absolute atomic E-state index is 13.3. The van der Waals surface area contributed by atoms with Crippen LogP contribution in [0.2, 0.25) is 15.1 Å². The minimum atomic E-state index is -0.621. The van der Waals surface area contributed by atoms with Crippen molar-refractivity contribution in [3.8, 4) is 0 Å². The Morgan fingerprint density at radius 2 is 1.59 bits per heavy atom. The molecule has 0 aliphatic heterocycles. The summed E-state index contributed by atoms with van der Waals surface area (Å²) in [5.41, 5.74) is 1.60. The molecule has 2 aromatic carbocycles. The third kappa shape index (κ3) is 7.58. The van der Waals surface area contributed by atoms with Gasteiger partial charge in [-0.15, -0.1) is 11.8 Å². The number of hydrogen-bond donors (Lipinski definition) is 1. The summed E-state index contributed by atoms with van der Waals surface area (Å²) in [6.07, 6.45) is 1.28. The van der Waals surface area contributed by atoms with Gasteiger partial charge in [0.1, 0.15) is 6.04 Å². The third-order valence-electron chi connectivity index (χ3n) is 5.22. The van der Waals surface area contributed by atoms with E-state index in [0.29, 0.717) is 32.8 Å². The van der Waals surface area contributed by atoms with Gasteiger partial charge >= 0.3 is 0 Å². The SMILES string of the molecule is CC[C@@H](C)NC(=O)[C@@H](CC)N(Cc1c(Cl)cccc1Cl)C(=O)CSCc1ccccc1Cl. The van der Waals surface area contributed by atoms with E-state index in [-0.39, 0.29) is 30.2 Å². The second-order valence-corrected chi connectivity index (χ2v) is 9.76. The Morgan fingerprint density at radius 3 is 2.19 bits per heavy atom. The van der Waals surface area contributed by atoms with Crippen LogP contribution in [-0.4, -0.2) is 34.6 Å². The van der Waals surface area contributed by atoms with Crippen LogP contribution in [0.25, 0.3) is 0 Å². The van der Waals surface area contributed by atoms with Crippen molar-refractivity contribution < 1.29 is 9.59 Å². The second kappa shape index (κ2) is 13.3. The van der Waals surface area contributed by atoms with Crippen molar-refractivity contribution >= 4 is 58.4 Å². The van der Waals surface area contributed by atoms with Crippen LogP contribution in [0.5, 0.6) is 0 Å². The van der Waals surface area contributed by atoms with Gasteiger partial charge in [-0.1, -0.05) is 72.9 Å². The molecule has 0 heterocycles. The number of benzene rings is 2. The first kappa shape index (κ1) is 26.8. The smallest absolute Gasteiger partial charge is 0.243 e. The van der Waals surface area contributed by atoms with Crippen LogP contribution in [0.3, 0.4) is 0 Å². The van der Waals surface area contributed by atoms with Gasteiger partial charge in [0.05, 0.1) is 5.75 Å². The molecule has 0 aliphatic rings. The molecule has 0 saturated heterocycles. The number of rotatable bonds is 11. The lowest BCUT2D eigenvalue weighted by Crippen LogP contribution is -2.51. The molecule has 2 aromatic rings. The van der Waals surface area contributed by atoms with Gasteiger partial charge in [0.2, 0.25) is 11.8 Å². The lowest BCUT2D eigenvalue weighted by molar-refractivity contribution is -0.139. The van der Waals surface area contributed by atoms with Crippen molar-refractivity contribution in [2.45, 2.75) is 58.0 Å². The van der Waals surface area contributed by atoms with Crippen LogP contribution in [0.4, 0.5) is 0 Å². The highest BCUT2D eigenvalue weighted by Crippen LogP contribution is 2.28. The van der Waals surface area contributed by atoms with Crippen molar-refractivity contribution in [3.05, 3.63) is 68.7 Å². The summed E-state index contributed by atoms with van der Waals surface area (Å²) < 4.78 is 0.